The number of carbonyl (C=O) groups excluding carboxylic acids is 1. The van der Waals surface area contributed by atoms with Gasteiger partial charge < -0.3 is 4.90 Å². The molecule has 0 radical (unpaired) electrons. The largest absolute Gasteiger partial charge is 0.332 e. The quantitative estimate of drug-likeness (QED) is 0.558. The molecule has 1 saturated heterocycles. The molecule has 0 bridgehead atoms. The van der Waals surface area contributed by atoms with Crippen molar-refractivity contribution in [3.63, 3.8) is 0 Å². The predicted molar refractivity (Wildman–Crippen MR) is 62.2 cm³/mol. The second kappa shape index (κ2) is 4.70. The molecule has 0 N–H and O–H groups in total. The fourth-order valence-electron chi connectivity index (χ4n) is 2.13. The summed E-state index contributed by atoms with van der Waals surface area (Å²) in [6, 6.07) is 0. The Hall–Kier alpha value is -0.970. The number of likely N-dealkylation sites (tertiary alicyclic amines) is 1. The Balaban J connectivity index is 2.48. The van der Waals surface area contributed by atoms with Gasteiger partial charge in [0.05, 0.1) is 0 Å². The molecule has 0 aromatic rings. The van der Waals surface area contributed by atoms with Gasteiger partial charge in [0.15, 0.2) is 0 Å². The molecule has 0 unspecified atom stereocenters. The van der Waals surface area contributed by atoms with Gasteiger partial charge >= 0.3 is 0 Å². The molecule has 1 rings (SSSR count). The van der Waals surface area contributed by atoms with Crippen LogP contribution in [-0.4, -0.2) is 23.9 Å². The highest BCUT2D eigenvalue weighted by molar-refractivity contribution is 5.93. The number of amides is 1. The summed E-state index contributed by atoms with van der Waals surface area (Å²) in [6.07, 6.45) is 2.22. The van der Waals surface area contributed by atoms with E-state index in [1.54, 1.807) is 6.92 Å². The normalized spacial score (nSPS) is 18.3. The van der Waals surface area contributed by atoms with Crippen LogP contribution in [0.25, 0.3) is 0 Å². The molecule has 0 spiro atoms. The van der Waals surface area contributed by atoms with Gasteiger partial charge in [0, 0.05) is 13.1 Å². The Morgan fingerprint density at radius 2 is 1.80 bits per heavy atom. The van der Waals surface area contributed by atoms with E-state index in [2.05, 4.69) is 32.6 Å². The van der Waals surface area contributed by atoms with Crippen molar-refractivity contribution < 1.29 is 4.79 Å². The standard InChI is InChI=1S/C13H21NO/c1-5-6-12(15)14-9-7-11(8-10-14)13(2,3)4/h11H,7-10H2,1-4H3. The third kappa shape index (κ3) is 3.27. The third-order valence-corrected chi connectivity index (χ3v) is 3.24. The van der Waals surface area contributed by atoms with Crippen molar-refractivity contribution in [2.45, 2.75) is 40.5 Å². The van der Waals surface area contributed by atoms with E-state index in [4.69, 9.17) is 0 Å². The van der Waals surface area contributed by atoms with E-state index >= 15 is 0 Å². The number of hydrogen-bond acceptors (Lipinski definition) is 1. The number of hydrogen-bond donors (Lipinski definition) is 0. The van der Waals surface area contributed by atoms with Crippen LogP contribution in [0, 0.1) is 23.2 Å². The lowest BCUT2D eigenvalue weighted by Gasteiger charge is -2.38. The number of rotatable bonds is 0. The highest BCUT2D eigenvalue weighted by Gasteiger charge is 2.29. The highest BCUT2D eigenvalue weighted by Crippen LogP contribution is 2.34. The molecule has 2 nitrogen and oxygen atoms in total. The summed E-state index contributed by atoms with van der Waals surface area (Å²) < 4.78 is 0. The molecule has 1 heterocycles. The van der Waals surface area contributed by atoms with Crippen LogP contribution in [0.2, 0.25) is 0 Å². The molecule has 0 aromatic heterocycles. The maximum absolute atomic E-state index is 11.5. The van der Waals surface area contributed by atoms with Crippen LogP contribution in [0.3, 0.4) is 0 Å². The summed E-state index contributed by atoms with van der Waals surface area (Å²) in [5.74, 6) is 5.99. The molecule has 0 atom stereocenters. The van der Waals surface area contributed by atoms with Gasteiger partial charge in [-0.1, -0.05) is 26.7 Å². The first-order chi connectivity index (χ1) is 6.95. The Labute approximate surface area is 93.0 Å². The average molecular weight is 207 g/mol. The predicted octanol–water partition coefficient (Wildman–Crippen LogP) is 2.29. The van der Waals surface area contributed by atoms with Crippen LogP contribution in [0.4, 0.5) is 0 Å². The zero-order valence-corrected chi connectivity index (χ0v) is 10.3. The van der Waals surface area contributed by atoms with Crippen molar-refractivity contribution in [2.24, 2.45) is 11.3 Å². The van der Waals surface area contributed by atoms with Crippen molar-refractivity contribution in [3.05, 3.63) is 0 Å². The minimum Gasteiger partial charge on any atom is -0.332 e. The lowest BCUT2D eigenvalue weighted by Crippen LogP contribution is -2.40. The summed E-state index contributed by atoms with van der Waals surface area (Å²) in [7, 11) is 0. The summed E-state index contributed by atoms with van der Waals surface area (Å²) in [5, 5.41) is 0. The molecule has 2 heteroatoms. The van der Waals surface area contributed by atoms with Crippen LogP contribution in [0.15, 0.2) is 0 Å². The first kappa shape index (κ1) is 12.1. The summed E-state index contributed by atoms with van der Waals surface area (Å²) in [6.45, 7) is 10.3. The van der Waals surface area contributed by atoms with E-state index in [0.29, 0.717) is 5.41 Å². The van der Waals surface area contributed by atoms with Gasteiger partial charge in [-0.05, 0) is 37.0 Å². The monoisotopic (exact) mass is 207 g/mol. The molecule has 1 amide bonds. The van der Waals surface area contributed by atoms with E-state index in [0.717, 1.165) is 31.8 Å². The highest BCUT2D eigenvalue weighted by atomic mass is 16.2. The van der Waals surface area contributed by atoms with Crippen LogP contribution < -0.4 is 0 Å². The Bertz CT molecular complexity index is 282. The maximum Gasteiger partial charge on any atom is 0.298 e. The lowest BCUT2D eigenvalue weighted by atomic mass is 9.75. The number of nitrogens with zero attached hydrogens (tertiary/aromatic N) is 1. The van der Waals surface area contributed by atoms with E-state index in [-0.39, 0.29) is 5.91 Å². The molecular formula is C13H21NO. The zero-order chi connectivity index (χ0) is 11.5. The van der Waals surface area contributed by atoms with Gasteiger partial charge in [0.2, 0.25) is 0 Å². The minimum atomic E-state index is -0.00939. The smallest absolute Gasteiger partial charge is 0.298 e. The molecule has 1 fully saturated rings. The Morgan fingerprint density at radius 1 is 1.27 bits per heavy atom. The van der Waals surface area contributed by atoms with Crippen molar-refractivity contribution in [1.82, 2.24) is 4.90 Å². The molecule has 1 aliphatic heterocycles. The van der Waals surface area contributed by atoms with Gasteiger partial charge in [0.25, 0.3) is 5.91 Å². The van der Waals surface area contributed by atoms with Gasteiger partial charge in [-0.2, -0.15) is 0 Å². The van der Waals surface area contributed by atoms with Crippen LogP contribution in [0.5, 0.6) is 0 Å². The van der Waals surface area contributed by atoms with Gasteiger partial charge in [-0.15, -0.1) is 0 Å². The molecular weight excluding hydrogens is 186 g/mol. The van der Waals surface area contributed by atoms with Crippen molar-refractivity contribution in [3.8, 4) is 11.8 Å². The fourth-order valence-corrected chi connectivity index (χ4v) is 2.13. The molecule has 0 aliphatic carbocycles. The van der Waals surface area contributed by atoms with Crippen molar-refractivity contribution >= 4 is 5.91 Å². The van der Waals surface area contributed by atoms with Crippen LogP contribution in [0.1, 0.15) is 40.5 Å². The summed E-state index contributed by atoms with van der Waals surface area (Å²) >= 11 is 0. The molecule has 84 valence electrons. The first-order valence-corrected chi connectivity index (χ1v) is 5.67. The summed E-state index contributed by atoms with van der Waals surface area (Å²) in [4.78, 5) is 13.4. The lowest BCUT2D eigenvalue weighted by molar-refractivity contribution is -0.126. The Kier molecular flexibility index (Phi) is 3.79. The van der Waals surface area contributed by atoms with E-state index in [1.807, 2.05) is 4.90 Å². The molecule has 0 aromatic carbocycles. The fraction of sp³-hybridized carbons (Fsp3) is 0.769. The number of piperidine rings is 1. The summed E-state index contributed by atoms with van der Waals surface area (Å²) in [5.41, 5.74) is 0.367. The van der Waals surface area contributed by atoms with E-state index in [9.17, 15) is 4.79 Å². The minimum absolute atomic E-state index is 0.00939. The van der Waals surface area contributed by atoms with E-state index < -0.39 is 0 Å². The van der Waals surface area contributed by atoms with E-state index in [1.165, 1.54) is 0 Å². The SMILES string of the molecule is CC#CC(=O)N1CCC(C(C)(C)C)CC1. The van der Waals surface area contributed by atoms with Crippen molar-refractivity contribution in [2.75, 3.05) is 13.1 Å². The van der Waals surface area contributed by atoms with Crippen molar-refractivity contribution in [1.29, 1.82) is 0 Å². The van der Waals surface area contributed by atoms with Crippen LogP contribution >= 0.6 is 0 Å². The molecule has 1 aliphatic rings. The van der Waals surface area contributed by atoms with Gasteiger partial charge in [0.1, 0.15) is 0 Å². The zero-order valence-electron chi connectivity index (χ0n) is 10.3. The third-order valence-electron chi connectivity index (χ3n) is 3.24. The Morgan fingerprint density at radius 3 is 2.20 bits per heavy atom. The second-order valence-corrected chi connectivity index (χ2v) is 5.31. The molecule has 0 saturated carbocycles. The average Bonchev–Trinajstić information content (AvgIpc) is 2.17. The maximum atomic E-state index is 11.5. The first-order valence-electron chi connectivity index (χ1n) is 5.67. The number of carbonyl (C=O) groups is 1. The van der Waals surface area contributed by atoms with Crippen LogP contribution in [-0.2, 0) is 4.79 Å². The van der Waals surface area contributed by atoms with Gasteiger partial charge in [-0.25, -0.2) is 0 Å². The molecule has 15 heavy (non-hydrogen) atoms. The van der Waals surface area contributed by atoms with Gasteiger partial charge in [-0.3, -0.25) is 4.79 Å². The topological polar surface area (TPSA) is 20.3 Å². The second-order valence-electron chi connectivity index (χ2n) is 5.31.